The summed E-state index contributed by atoms with van der Waals surface area (Å²) in [5, 5.41) is 10.3. The monoisotopic (exact) mass is 345 g/mol. The fourth-order valence-electron chi connectivity index (χ4n) is 2.81. The van der Waals surface area contributed by atoms with Crippen LogP contribution in [0.3, 0.4) is 0 Å². The summed E-state index contributed by atoms with van der Waals surface area (Å²) in [4.78, 5) is 14.4. The Morgan fingerprint density at radius 1 is 1.45 bits per heavy atom. The number of aliphatic hydroxyl groups is 1. The molecule has 0 aliphatic carbocycles. The zero-order valence-electron chi connectivity index (χ0n) is 12.8. The van der Waals surface area contributed by atoms with Crippen LogP contribution in [0.4, 0.5) is 0 Å². The molecule has 22 heavy (non-hydrogen) atoms. The van der Waals surface area contributed by atoms with Crippen molar-refractivity contribution in [2.45, 2.75) is 51.4 Å². The highest BCUT2D eigenvalue weighted by molar-refractivity contribution is 6.42. The maximum Gasteiger partial charge on any atom is 0.263 e. The molecule has 122 valence electrons. The Hall–Kier alpha value is -0.970. The van der Waals surface area contributed by atoms with Gasteiger partial charge in [0.05, 0.1) is 11.1 Å². The molecule has 1 N–H and O–H groups in total. The first-order valence-corrected chi connectivity index (χ1v) is 8.25. The van der Waals surface area contributed by atoms with Crippen molar-refractivity contribution >= 4 is 29.1 Å². The molecule has 2 rings (SSSR count). The summed E-state index contributed by atoms with van der Waals surface area (Å²) in [5.41, 5.74) is 0. The van der Waals surface area contributed by atoms with E-state index in [4.69, 9.17) is 27.9 Å². The number of rotatable bonds is 5. The molecule has 1 saturated heterocycles. The van der Waals surface area contributed by atoms with E-state index in [-0.39, 0.29) is 11.9 Å². The number of benzene rings is 1. The van der Waals surface area contributed by atoms with Crippen molar-refractivity contribution in [2.75, 3.05) is 6.54 Å². The number of carbonyl (C=O) groups is 1. The maximum atomic E-state index is 12.6. The van der Waals surface area contributed by atoms with Crippen molar-refractivity contribution in [3.05, 3.63) is 28.2 Å². The van der Waals surface area contributed by atoms with Crippen LogP contribution >= 0.6 is 23.2 Å². The number of hydrogen-bond donors (Lipinski definition) is 1. The molecule has 6 heteroatoms. The fourth-order valence-corrected chi connectivity index (χ4v) is 3.15. The summed E-state index contributed by atoms with van der Waals surface area (Å²) in [7, 11) is 0. The van der Waals surface area contributed by atoms with Crippen LogP contribution in [0, 0.1) is 0 Å². The number of carbonyl (C=O) groups excluding carboxylic acids is 1. The third-order valence-corrected chi connectivity index (χ3v) is 4.64. The number of hydrogen-bond acceptors (Lipinski definition) is 3. The third-order valence-electron chi connectivity index (χ3n) is 3.84. The molecular weight excluding hydrogens is 325 g/mol. The molecule has 1 amide bonds. The van der Waals surface area contributed by atoms with Gasteiger partial charge in [-0.3, -0.25) is 4.79 Å². The number of ether oxygens (including phenoxy) is 1. The Morgan fingerprint density at radius 2 is 2.18 bits per heavy atom. The average Bonchev–Trinajstić information content (AvgIpc) is 2.90. The van der Waals surface area contributed by atoms with Gasteiger partial charge in [0.25, 0.3) is 5.91 Å². The highest BCUT2D eigenvalue weighted by Crippen LogP contribution is 2.32. The molecule has 0 radical (unpaired) electrons. The second-order valence-electron chi connectivity index (χ2n) is 5.72. The lowest BCUT2D eigenvalue weighted by Gasteiger charge is -2.28. The highest BCUT2D eigenvalue weighted by Gasteiger charge is 2.33. The van der Waals surface area contributed by atoms with Gasteiger partial charge in [-0.15, -0.1) is 0 Å². The zero-order valence-corrected chi connectivity index (χ0v) is 14.3. The first-order valence-electron chi connectivity index (χ1n) is 7.49. The van der Waals surface area contributed by atoms with Crippen molar-refractivity contribution in [2.24, 2.45) is 0 Å². The number of likely N-dealkylation sites (tertiary alicyclic amines) is 1. The summed E-state index contributed by atoms with van der Waals surface area (Å²) in [6.45, 7) is 4.15. The first kappa shape index (κ1) is 17.4. The quantitative estimate of drug-likeness (QED) is 0.887. The van der Waals surface area contributed by atoms with Crippen LogP contribution in [0.1, 0.15) is 33.1 Å². The van der Waals surface area contributed by atoms with Crippen LogP contribution in [0.5, 0.6) is 5.75 Å². The van der Waals surface area contributed by atoms with E-state index in [1.54, 1.807) is 36.9 Å². The minimum Gasteiger partial charge on any atom is -0.479 e. The number of halogens is 2. The van der Waals surface area contributed by atoms with E-state index in [1.165, 1.54) is 0 Å². The Balaban J connectivity index is 2.04. The van der Waals surface area contributed by atoms with E-state index < -0.39 is 12.2 Å². The molecule has 0 spiro atoms. The van der Waals surface area contributed by atoms with E-state index in [0.717, 1.165) is 12.8 Å². The van der Waals surface area contributed by atoms with Crippen LogP contribution in [-0.4, -0.2) is 40.7 Å². The molecule has 1 fully saturated rings. The topological polar surface area (TPSA) is 49.8 Å². The van der Waals surface area contributed by atoms with Crippen LogP contribution in [-0.2, 0) is 4.79 Å². The smallest absolute Gasteiger partial charge is 0.263 e. The van der Waals surface area contributed by atoms with Gasteiger partial charge < -0.3 is 14.7 Å². The standard InChI is InChI=1S/C16H21Cl2NO3/c1-10(20)9-12-5-4-8-19(12)16(21)11(2)22-14-7-3-6-13(17)15(14)18/h3,6-7,10-12,20H,4-5,8-9H2,1-2H3. The number of aliphatic hydroxyl groups excluding tert-OH is 1. The predicted molar refractivity (Wildman–Crippen MR) is 87.6 cm³/mol. The lowest BCUT2D eigenvalue weighted by molar-refractivity contribution is -0.139. The first-order chi connectivity index (χ1) is 10.4. The lowest BCUT2D eigenvalue weighted by Crippen LogP contribution is -2.44. The van der Waals surface area contributed by atoms with Crippen molar-refractivity contribution < 1.29 is 14.6 Å². The summed E-state index contributed by atoms with van der Waals surface area (Å²) in [6.07, 6.45) is 1.40. The summed E-state index contributed by atoms with van der Waals surface area (Å²) >= 11 is 12.0. The van der Waals surface area contributed by atoms with Crippen molar-refractivity contribution in [3.8, 4) is 5.75 Å². The molecule has 3 atom stereocenters. The van der Waals surface area contributed by atoms with Gasteiger partial charge in [-0.2, -0.15) is 0 Å². The average molecular weight is 346 g/mol. The van der Waals surface area contributed by atoms with E-state index >= 15 is 0 Å². The van der Waals surface area contributed by atoms with Crippen LogP contribution in [0.25, 0.3) is 0 Å². The Bertz CT molecular complexity index is 536. The van der Waals surface area contributed by atoms with Gasteiger partial charge >= 0.3 is 0 Å². The summed E-state index contributed by atoms with van der Waals surface area (Å²) in [5.74, 6) is 0.320. The minimum absolute atomic E-state index is 0.0772. The van der Waals surface area contributed by atoms with Crippen LogP contribution in [0.2, 0.25) is 10.0 Å². The molecule has 1 heterocycles. The van der Waals surface area contributed by atoms with Crippen molar-refractivity contribution in [1.82, 2.24) is 4.90 Å². The van der Waals surface area contributed by atoms with Gasteiger partial charge in [0, 0.05) is 12.6 Å². The van der Waals surface area contributed by atoms with Gasteiger partial charge in [-0.1, -0.05) is 29.3 Å². The largest absolute Gasteiger partial charge is 0.479 e. The molecule has 1 aromatic rings. The SMILES string of the molecule is CC(O)CC1CCCN1C(=O)C(C)Oc1cccc(Cl)c1Cl. The number of amides is 1. The van der Waals surface area contributed by atoms with E-state index in [0.29, 0.717) is 28.8 Å². The second kappa shape index (κ2) is 7.53. The molecule has 0 saturated carbocycles. The third kappa shape index (κ3) is 4.06. The van der Waals surface area contributed by atoms with Crippen molar-refractivity contribution in [3.63, 3.8) is 0 Å². The molecule has 0 bridgehead atoms. The molecule has 1 aliphatic rings. The van der Waals surface area contributed by atoms with Crippen LogP contribution in [0.15, 0.2) is 18.2 Å². The van der Waals surface area contributed by atoms with E-state index in [1.807, 2.05) is 0 Å². The maximum absolute atomic E-state index is 12.6. The normalized spacial score (nSPS) is 20.8. The van der Waals surface area contributed by atoms with Crippen LogP contribution < -0.4 is 4.74 Å². The van der Waals surface area contributed by atoms with Gasteiger partial charge in [0.15, 0.2) is 6.10 Å². The molecule has 3 unspecified atom stereocenters. The Morgan fingerprint density at radius 3 is 2.86 bits per heavy atom. The fraction of sp³-hybridized carbons (Fsp3) is 0.562. The summed E-state index contributed by atoms with van der Waals surface area (Å²) in [6, 6.07) is 5.16. The second-order valence-corrected chi connectivity index (χ2v) is 6.51. The minimum atomic E-state index is -0.648. The van der Waals surface area contributed by atoms with E-state index in [2.05, 4.69) is 0 Å². The Labute approximate surface area is 141 Å². The molecular formula is C16H21Cl2NO3. The lowest BCUT2D eigenvalue weighted by atomic mass is 10.1. The zero-order chi connectivity index (χ0) is 16.3. The van der Waals surface area contributed by atoms with Gasteiger partial charge in [0.2, 0.25) is 0 Å². The molecule has 0 aromatic heterocycles. The molecule has 4 nitrogen and oxygen atoms in total. The van der Waals surface area contributed by atoms with Crippen molar-refractivity contribution in [1.29, 1.82) is 0 Å². The molecule has 1 aromatic carbocycles. The summed E-state index contributed by atoms with van der Waals surface area (Å²) < 4.78 is 5.68. The highest BCUT2D eigenvalue weighted by atomic mass is 35.5. The molecule has 1 aliphatic heterocycles. The number of nitrogens with zero attached hydrogens (tertiary/aromatic N) is 1. The predicted octanol–water partition coefficient (Wildman–Crippen LogP) is 3.52. The Kier molecular flexibility index (Phi) is 5.95. The van der Waals surface area contributed by atoms with Gasteiger partial charge in [-0.05, 0) is 45.2 Å². The van der Waals surface area contributed by atoms with Gasteiger partial charge in [0.1, 0.15) is 10.8 Å². The van der Waals surface area contributed by atoms with E-state index in [9.17, 15) is 9.90 Å². The van der Waals surface area contributed by atoms with Gasteiger partial charge in [-0.25, -0.2) is 0 Å².